The van der Waals surface area contributed by atoms with E-state index in [0.29, 0.717) is 5.57 Å². The van der Waals surface area contributed by atoms with Gasteiger partial charge in [0.2, 0.25) is 0 Å². The number of carbonyl (C=O) groups is 2. The van der Waals surface area contributed by atoms with Crippen LogP contribution in [0.5, 0.6) is 0 Å². The highest BCUT2D eigenvalue weighted by Crippen LogP contribution is 2.37. The molecule has 0 aliphatic heterocycles. The molecule has 5 heteroatoms. The largest absolute Gasteiger partial charge is 0.481 e. The van der Waals surface area contributed by atoms with Gasteiger partial charge in [-0.25, -0.2) is 4.79 Å². The van der Waals surface area contributed by atoms with Crippen molar-refractivity contribution in [2.24, 2.45) is 5.41 Å². The second-order valence-corrected chi connectivity index (χ2v) is 6.23. The minimum Gasteiger partial charge on any atom is -0.481 e. The van der Waals surface area contributed by atoms with E-state index in [1.807, 2.05) is 24.3 Å². The molecule has 0 bridgehead atoms. The fraction of sp³-hybridized carbons (Fsp3) is 0.200. The third-order valence-electron chi connectivity index (χ3n) is 3.28. The highest BCUT2D eigenvalue weighted by Gasteiger charge is 2.36. The Hall–Kier alpha value is -1.63. The lowest BCUT2D eigenvalue weighted by molar-refractivity contribution is -0.145. The number of benzene rings is 1. The van der Waals surface area contributed by atoms with E-state index in [1.54, 1.807) is 19.1 Å². The Morgan fingerprint density at radius 3 is 2.55 bits per heavy atom. The molecular formula is C15H13IO4. The molecule has 2 rings (SSSR count). The molecule has 20 heavy (non-hydrogen) atoms. The molecule has 0 spiro atoms. The fourth-order valence-corrected chi connectivity index (χ4v) is 2.72. The Bertz CT molecular complexity index is 645. The maximum atomic E-state index is 11.4. The van der Waals surface area contributed by atoms with Crippen molar-refractivity contribution in [2.45, 2.75) is 13.3 Å². The van der Waals surface area contributed by atoms with Crippen molar-refractivity contribution in [1.82, 2.24) is 0 Å². The van der Waals surface area contributed by atoms with E-state index in [9.17, 15) is 19.8 Å². The molecule has 0 heterocycles. The van der Waals surface area contributed by atoms with Gasteiger partial charge < -0.3 is 10.2 Å². The van der Waals surface area contributed by atoms with Crippen molar-refractivity contribution in [3.05, 3.63) is 51.1 Å². The van der Waals surface area contributed by atoms with E-state index in [0.717, 1.165) is 9.13 Å². The van der Waals surface area contributed by atoms with Crippen molar-refractivity contribution in [1.29, 1.82) is 0 Å². The van der Waals surface area contributed by atoms with Crippen LogP contribution in [-0.2, 0) is 9.59 Å². The maximum absolute atomic E-state index is 11.4. The molecule has 0 fully saturated rings. The number of halogens is 1. The van der Waals surface area contributed by atoms with Crippen molar-refractivity contribution in [2.75, 3.05) is 0 Å². The van der Waals surface area contributed by atoms with Crippen LogP contribution in [0.2, 0.25) is 0 Å². The summed E-state index contributed by atoms with van der Waals surface area (Å²) in [6, 6.07) is 7.53. The molecule has 0 saturated heterocycles. The number of allylic oxidation sites excluding steroid dienone is 2. The van der Waals surface area contributed by atoms with Gasteiger partial charge in [-0.15, -0.1) is 0 Å². The van der Waals surface area contributed by atoms with Crippen LogP contribution >= 0.6 is 22.6 Å². The number of hydrogen-bond donors (Lipinski definition) is 2. The molecule has 0 radical (unpaired) electrons. The van der Waals surface area contributed by atoms with Gasteiger partial charge in [-0.1, -0.05) is 18.2 Å². The predicted molar refractivity (Wildman–Crippen MR) is 83.2 cm³/mol. The monoisotopic (exact) mass is 384 g/mol. The summed E-state index contributed by atoms with van der Waals surface area (Å²) in [5, 5.41) is 18.5. The van der Waals surface area contributed by atoms with Gasteiger partial charge in [0.05, 0.1) is 5.41 Å². The lowest BCUT2D eigenvalue weighted by Gasteiger charge is -2.26. The van der Waals surface area contributed by atoms with E-state index in [4.69, 9.17) is 0 Å². The molecule has 1 aromatic carbocycles. The van der Waals surface area contributed by atoms with Crippen molar-refractivity contribution in [3.63, 3.8) is 0 Å². The summed E-state index contributed by atoms with van der Waals surface area (Å²) in [4.78, 5) is 22.6. The number of aliphatic carboxylic acids is 2. The number of carboxylic acids is 2. The first-order valence-corrected chi connectivity index (χ1v) is 7.06. The van der Waals surface area contributed by atoms with E-state index in [-0.39, 0.29) is 12.0 Å². The zero-order chi connectivity index (χ0) is 14.9. The summed E-state index contributed by atoms with van der Waals surface area (Å²) in [6.07, 6.45) is 3.18. The smallest absolute Gasteiger partial charge is 0.331 e. The van der Waals surface area contributed by atoms with Crippen LogP contribution in [0.4, 0.5) is 0 Å². The summed E-state index contributed by atoms with van der Waals surface area (Å²) >= 11 is 2.16. The molecule has 1 aliphatic rings. The van der Waals surface area contributed by atoms with Crippen LogP contribution in [0, 0.1) is 8.99 Å². The molecule has 1 unspecified atom stereocenters. The lowest BCUT2D eigenvalue weighted by atomic mass is 9.76. The molecule has 1 aromatic rings. The summed E-state index contributed by atoms with van der Waals surface area (Å²) < 4.78 is 1.01. The Kier molecular flexibility index (Phi) is 3.99. The molecule has 0 amide bonds. The summed E-state index contributed by atoms with van der Waals surface area (Å²) in [5.74, 6) is -2.10. The van der Waals surface area contributed by atoms with Crippen LogP contribution in [0.1, 0.15) is 18.9 Å². The SMILES string of the molecule is CC1(C(=O)O)C=C(c2cccc(I)c2)C=C(C(=O)O)C1. The standard InChI is InChI=1S/C15H13IO4/c1-15(14(19)20)7-10(5-11(8-15)13(17)18)9-3-2-4-12(16)6-9/h2-7H,8H2,1H3,(H,17,18)(H,19,20). The second kappa shape index (κ2) is 5.40. The van der Waals surface area contributed by atoms with Crippen LogP contribution in [0.3, 0.4) is 0 Å². The third kappa shape index (κ3) is 2.92. The van der Waals surface area contributed by atoms with E-state index >= 15 is 0 Å². The fourth-order valence-electron chi connectivity index (χ4n) is 2.18. The van der Waals surface area contributed by atoms with Gasteiger partial charge in [0.15, 0.2) is 0 Å². The predicted octanol–water partition coefficient (Wildman–Crippen LogP) is 3.18. The second-order valence-electron chi connectivity index (χ2n) is 4.98. The van der Waals surface area contributed by atoms with Crippen molar-refractivity contribution < 1.29 is 19.8 Å². The minimum absolute atomic E-state index is 0.00884. The Balaban J connectivity index is 2.56. The van der Waals surface area contributed by atoms with Gasteiger partial charge in [-0.05, 0) is 65.3 Å². The first-order valence-electron chi connectivity index (χ1n) is 5.98. The van der Waals surface area contributed by atoms with Crippen LogP contribution in [-0.4, -0.2) is 22.2 Å². The topological polar surface area (TPSA) is 74.6 Å². The molecule has 2 N–H and O–H groups in total. The molecule has 0 saturated carbocycles. The van der Waals surface area contributed by atoms with Gasteiger partial charge in [0, 0.05) is 9.14 Å². The number of hydrogen-bond acceptors (Lipinski definition) is 2. The van der Waals surface area contributed by atoms with Gasteiger partial charge in [-0.3, -0.25) is 4.79 Å². The Morgan fingerprint density at radius 1 is 1.30 bits per heavy atom. The van der Waals surface area contributed by atoms with Crippen LogP contribution in [0.25, 0.3) is 5.57 Å². The molecule has 104 valence electrons. The van der Waals surface area contributed by atoms with Gasteiger partial charge in [0.25, 0.3) is 0 Å². The first-order chi connectivity index (χ1) is 9.32. The molecular weight excluding hydrogens is 371 g/mol. The average molecular weight is 384 g/mol. The Labute approximate surface area is 130 Å². The normalized spacial score (nSPS) is 21.9. The number of rotatable bonds is 3. The average Bonchev–Trinajstić information content (AvgIpc) is 2.38. The van der Waals surface area contributed by atoms with Crippen molar-refractivity contribution in [3.8, 4) is 0 Å². The molecule has 4 nitrogen and oxygen atoms in total. The first kappa shape index (κ1) is 14.8. The lowest BCUT2D eigenvalue weighted by Crippen LogP contribution is -2.29. The van der Waals surface area contributed by atoms with Crippen LogP contribution in [0.15, 0.2) is 42.0 Å². The third-order valence-corrected chi connectivity index (χ3v) is 3.95. The van der Waals surface area contributed by atoms with E-state index in [1.165, 1.54) is 0 Å². The van der Waals surface area contributed by atoms with Gasteiger partial charge in [-0.2, -0.15) is 0 Å². The van der Waals surface area contributed by atoms with E-state index in [2.05, 4.69) is 22.6 Å². The van der Waals surface area contributed by atoms with Gasteiger partial charge >= 0.3 is 11.9 Å². The molecule has 1 aliphatic carbocycles. The quantitative estimate of drug-likeness (QED) is 0.786. The molecule has 1 atom stereocenters. The van der Waals surface area contributed by atoms with Crippen LogP contribution < -0.4 is 0 Å². The summed E-state index contributed by atoms with van der Waals surface area (Å²) in [5.41, 5.74) is 0.380. The summed E-state index contributed by atoms with van der Waals surface area (Å²) in [7, 11) is 0. The zero-order valence-electron chi connectivity index (χ0n) is 10.8. The van der Waals surface area contributed by atoms with Gasteiger partial charge in [0.1, 0.15) is 0 Å². The highest BCUT2D eigenvalue weighted by molar-refractivity contribution is 14.1. The molecule has 0 aromatic heterocycles. The minimum atomic E-state index is -1.20. The number of carboxylic acid groups (broad SMARTS) is 2. The summed E-state index contributed by atoms with van der Waals surface area (Å²) in [6.45, 7) is 1.54. The van der Waals surface area contributed by atoms with E-state index < -0.39 is 17.4 Å². The Morgan fingerprint density at radius 2 is 2.00 bits per heavy atom. The zero-order valence-corrected chi connectivity index (χ0v) is 12.9. The highest BCUT2D eigenvalue weighted by atomic mass is 127. The van der Waals surface area contributed by atoms with Crippen molar-refractivity contribution >= 4 is 40.1 Å². The maximum Gasteiger partial charge on any atom is 0.331 e.